The van der Waals surface area contributed by atoms with E-state index in [4.69, 9.17) is 10.5 Å². The van der Waals surface area contributed by atoms with E-state index in [0.717, 1.165) is 5.69 Å². The molecule has 0 saturated carbocycles. The molecule has 96 valence electrons. The Morgan fingerprint density at radius 1 is 1.50 bits per heavy atom. The van der Waals surface area contributed by atoms with Crippen LogP contribution in [0.15, 0.2) is 24.4 Å². The Morgan fingerprint density at radius 2 is 2.28 bits per heavy atom. The molecule has 0 aliphatic carbocycles. The summed E-state index contributed by atoms with van der Waals surface area (Å²) in [6.07, 6.45) is 1.83. The lowest BCUT2D eigenvalue weighted by Crippen LogP contribution is -2.04. The molecule has 1 aromatic carbocycles. The summed E-state index contributed by atoms with van der Waals surface area (Å²) in [5.41, 5.74) is 7.05. The van der Waals surface area contributed by atoms with Crippen LogP contribution in [0.3, 0.4) is 0 Å². The van der Waals surface area contributed by atoms with Crippen LogP contribution in [0.4, 0.5) is 15.8 Å². The SMILES string of the molecule is COc1cc(NCc2ccn(C)n2)c(F)cc1N. The Balaban J connectivity index is 2.13. The molecule has 5 nitrogen and oxygen atoms in total. The molecule has 0 fully saturated rings. The first-order valence-electron chi connectivity index (χ1n) is 5.45. The standard InChI is InChI=1S/C12H15FN4O/c1-17-4-3-8(16-17)7-15-11-6-12(18-2)10(14)5-9(11)13/h3-6,15H,7,14H2,1-2H3. The molecule has 0 aliphatic rings. The quantitative estimate of drug-likeness (QED) is 0.811. The zero-order valence-electron chi connectivity index (χ0n) is 10.3. The van der Waals surface area contributed by atoms with E-state index in [-0.39, 0.29) is 5.69 Å². The molecule has 0 amide bonds. The molecule has 1 aromatic heterocycles. The van der Waals surface area contributed by atoms with Crippen LogP contribution in [0.2, 0.25) is 0 Å². The van der Waals surface area contributed by atoms with Crippen molar-refractivity contribution in [2.75, 3.05) is 18.2 Å². The Labute approximate surface area is 104 Å². The molecule has 3 N–H and O–H groups in total. The lowest BCUT2D eigenvalue weighted by molar-refractivity contribution is 0.416. The molecule has 0 bridgehead atoms. The number of aromatic nitrogens is 2. The third-order valence-electron chi connectivity index (χ3n) is 2.55. The largest absolute Gasteiger partial charge is 0.495 e. The smallest absolute Gasteiger partial charge is 0.148 e. The van der Waals surface area contributed by atoms with Crippen molar-refractivity contribution in [1.29, 1.82) is 0 Å². The van der Waals surface area contributed by atoms with Gasteiger partial charge in [-0.05, 0) is 6.07 Å². The number of rotatable bonds is 4. The molecular weight excluding hydrogens is 235 g/mol. The minimum Gasteiger partial charge on any atom is -0.495 e. The van der Waals surface area contributed by atoms with E-state index in [9.17, 15) is 4.39 Å². The number of benzene rings is 1. The number of hydrogen-bond acceptors (Lipinski definition) is 4. The fraction of sp³-hybridized carbons (Fsp3) is 0.250. The summed E-state index contributed by atoms with van der Waals surface area (Å²) in [5, 5.41) is 7.15. The monoisotopic (exact) mass is 250 g/mol. The number of nitrogen functional groups attached to an aromatic ring is 1. The van der Waals surface area contributed by atoms with Gasteiger partial charge in [-0.15, -0.1) is 0 Å². The number of anilines is 2. The van der Waals surface area contributed by atoms with Gasteiger partial charge in [0.05, 0.1) is 30.7 Å². The van der Waals surface area contributed by atoms with Gasteiger partial charge >= 0.3 is 0 Å². The van der Waals surface area contributed by atoms with E-state index in [1.165, 1.54) is 19.2 Å². The van der Waals surface area contributed by atoms with E-state index >= 15 is 0 Å². The zero-order chi connectivity index (χ0) is 13.1. The van der Waals surface area contributed by atoms with Gasteiger partial charge in [0.1, 0.15) is 11.6 Å². The summed E-state index contributed by atoms with van der Waals surface area (Å²) in [7, 11) is 3.32. The Kier molecular flexibility index (Phi) is 3.36. The van der Waals surface area contributed by atoms with Crippen molar-refractivity contribution in [1.82, 2.24) is 9.78 Å². The lowest BCUT2D eigenvalue weighted by Gasteiger charge is -2.10. The number of nitrogens with zero attached hydrogens (tertiary/aromatic N) is 2. The van der Waals surface area contributed by atoms with Gasteiger partial charge in [0, 0.05) is 25.4 Å². The first kappa shape index (κ1) is 12.2. The van der Waals surface area contributed by atoms with Crippen molar-refractivity contribution in [2.24, 2.45) is 7.05 Å². The van der Waals surface area contributed by atoms with E-state index in [2.05, 4.69) is 10.4 Å². The Hall–Kier alpha value is -2.24. The highest BCUT2D eigenvalue weighted by molar-refractivity contribution is 5.62. The fourth-order valence-electron chi connectivity index (χ4n) is 1.62. The topological polar surface area (TPSA) is 65.1 Å². The van der Waals surface area contributed by atoms with Crippen molar-refractivity contribution in [3.05, 3.63) is 35.9 Å². The third-order valence-corrected chi connectivity index (χ3v) is 2.55. The molecule has 18 heavy (non-hydrogen) atoms. The highest BCUT2D eigenvalue weighted by atomic mass is 19.1. The number of halogens is 1. The van der Waals surface area contributed by atoms with Gasteiger partial charge < -0.3 is 15.8 Å². The van der Waals surface area contributed by atoms with Crippen LogP contribution in [0, 0.1) is 5.82 Å². The Bertz CT molecular complexity index is 553. The lowest BCUT2D eigenvalue weighted by atomic mass is 10.2. The summed E-state index contributed by atoms with van der Waals surface area (Å²) in [6, 6.07) is 4.63. The molecule has 0 aliphatic heterocycles. The van der Waals surface area contributed by atoms with Crippen molar-refractivity contribution in [3.8, 4) is 5.75 Å². The first-order chi connectivity index (χ1) is 8.60. The third kappa shape index (κ3) is 2.53. The average Bonchev–Trinajstić information content (AvgIpc) is 2.74. The van der Waals surface area contributed by atoms with Crippen LogP contribution in [0.25, 0.3) is 0 Å². The van der Waals surface area contributed by atoms with Gasteiger partial charge in [-0.2, -0.15) is 5.10 Å². The van der Waals surface area contributed by atoms with Crippen LogP contribution < -0.4 is 15.8 Å². The molecule has 2 aromatic rings. The molecule has 0 spiro atoms. The average molecular weight is 250 g/mol. The van der Waals surface area contributed by atoms with Crippen molar-refractivity contribution in [2.45, 2.75) is 6.54 Å². The van der Waals surface area contributed by atoms with Gasteiger partial charge in [-0.1, -0.05) is 0 Å². The second kappa shape index (κ2) is 4.95. The molecule has 6 heteroatoms. The predicted molar refractivity (Wildman–Crippen MR) is 67.9 cm³/mol. The van der Waals surface area contributed by atoms with E-state index in [0.29, 0.717) is 18.0 Å². The van der Waals surface area contributed by atoms with Crippen LogP contribution in [-0.4, -0.2) is 16.9 Å². The summed E-state index contributed by atoms with van der Waals surface area (Å²) >= 11 is 0. The summed E-state index contributed by atoms with van der Waals surface area (Å²) < 4.78 is 20.4. The number of hydrogen-bond donors (Lipinski definition) is 2. The van der Waals surface area contributed by atoms with E-state index in [1.54, 1.807) is 4.68 Å². The number of nitrogens with one attached hydrogen (secondary N) is 1. The second-order valence-corrected chi connectivity index (χ2v) is 3.91. The maximum Gasteiger partial charge on any atom is 0.148 e. The van der Waals surface area contributed by atoms with Crippen molar-refractivity contribution >= 4 is 11.4 Å². The summed E-state index contributed by atoms with van der Waals surface area (Å²) in [5.74, 6) is 0.0316. The van der Waals surface area contributed by atoms with Crippen LogP contribution >= 0.6 is 0 Å². The highest BCUT2D eigenvalue weighted by Gasteiger charge is 2.08. The van der Waals surface area contributed by atoms with Gasteiger partial charge in [0.2, 0.25) is 0 Å². The van der Waals surface area contributed by atoms with Gasteiger partial charge in [-0.3, -0.25) is 4.68 Å². The molecular formula is C12H15FN4O. The number of methoxy groups -OCH3 is 1. The van der Waals surface area contributed by atoms with Gasteiger partial charge in [0.25, 0.3) is 0 Å². The first-order valence-corrected chi connectivity index (χ1v) is 5.45. The molecule has 0 saturated heterocycles. The predicted octanol–water partition coefficient (Wildman–Crippen LogP) is 1.76. The summed E-state index contributed by atoms with van der Waals surface area (Å²) in [4.78, 5) is 0. The normalized spacial score (nSPS) is 10.4. The van der Waals surface area contributed by atoms with Crippen molar-refractivity contribution in [3.63, 3.8) is 0 Å². The Morgan fingerprint density at radius 3 is 2.89 bits per heavy atom. The van der Waals surface area contributed by atoms with E-state index in [1.807, 2.05) is 19.3 Å². The van der Waals surface area contributed by atoms with Gasteiger partial charge in [0.15, 0.2) is 0 Å². The molecule has 0 unspecified atom stereocenters. The molecule has 1 heterocycles. The minimum absolute atomic E-state index is 0.276. The summed E-state index contributed by atoms with van der Waals surface area (Å²) in [6.45, 7) is 0.435. The number of aryl methyl sites for hydroxylation is 1. The fourth-order valence-corrected chi connectivity index (χ4v) is 1.62. The van der Waals surface area contributed by atoms with Crippen LogP contribution in [0.5, 0.6) is 5.75 Å². The minimum atomic E-state index is -0.413. The molecule has 0 radical (unpaired) electrons. The van der Waals surface area contributed by atoms with Crippen LogP contribution in [-0.2, 0) is 13.6 Å². The second-order valence-electron chi connectivity index (χ2n) is 3.91. The zero-order valence-corrected chi connectivity index (χ0v) is 10.3. The van der Waals surface area contributed by atoms with E-state index < -0.39 is 5.82 Å². The van der Waals surface area contributed by atoms with Gasteiger partial charge in [-0.25, -0.2) is 4.39 Å². The number of nitrogens with two attached hydrogens (primary N) is 1. The van der Waals surface area contributed by atoms with Crippen LogP contribution in [0.1, 0.15) is 5.69 Å². The maximum atomic E-state index is 13.7. The highest BCUT2D eigenvalue weighted by Crippen LogP contribution is 2.28. The maximum absolute atomic E-state index is 13.7. The van der Waals surface area contributed by atoms with Crippen molar-refractivity contribution < 1.29 is 9.13 Å². The molecule has 2 rings (SSSR count). The molecule has 0 atom stereocenters. The number of ether oxygens (including phenoxy) is 1.